The number of esters is 1. The third kappa shape index (κ3) is 3.03. The van der Waals surface area contributed by atoms with Gasteiger partial charge in [-0.3, -0.25) is 4.79 Å². The van der Waals surface area contributed by atoms with Gasteiger partial charge in [-0.1, -0.05) is 20.8 Å². The van der Waals surface area contributed by atoms with E-state index in [-0.39, 0.29) is 35.2 Å². The van der Waals surface area contributed by atoms with Crippen molar-refractivity contribution in [3.8, 4) is 0 Å². The summed E-state index contributed by atoms with van der Waals surface area (Å²) in [5, 5.41) is 0.176. The van der Waals surface area contributed by atoms with Crippen LogP contribution in [0.1, 0.15) is 33.6 Å². The molecule has 0 radical (unpaired) electrons. The number of methoxy groups -OCH3 is 1. The zero-order valence-corrected chi connectivity index (χ0v) is 13.9. The number of epoxide rings is 1. The van der Waals surface area contributed by atoms with E-state index in [9.17, 15) is 4.79 Å². The Kier molecular flexibility index (Phi) is 3.84. The van der Waals surface area contributed by atoms with Gasteiger partial charge in [0.25, 0.3) is 0 Å². The summed E-state index contributed by atoms with van der Waals surface area (Å²) >= 11 is 0. The molecule has 1 aliphatic heterocycles. The highest BCUT2D eigenvalue weighted by molar-refractivity contribution is 6.74. The van der Waals surface area contributed by atoms with Crippen LogP contribution in [0.3, 0.4) is 0 Å². The molecule has 2 rings (SSSR count). The van der Waals surface area contributed by atoms with E-state index in [0.717, 1.165) is 12.8 Å². The SMILES string of the molecule is COC(=O)[C@@H]1C[C@H]2O[C@H]2[C@H](O[Si](C)(C)C(C)(C)C)C1. The smallest absolute Gasteiger partial charge is 0.308 e. The lowest BCUT2D eigenvalue weighted by Gasteiger charge is -2.40. The summed E-state index contributed by atoms with van der Waals surface area (Å²) in [5.74, 6) is -0.193. The minimum absolute atomic E-state index is 0.0590. The molecule has 19 heavy (non-hydrogen) atoms. The van der Waals surface area contributed by atoms with Crippen molar-refractivity contribution in [2.45, 2.75) is 70.1 Å². The van der Waals surface area contributed by atoms with Crippen LogP contribution in [0.5, 0.6) is 0 Å². The van der Waals surface area contributed by atoms with E-state index < -0.39 is 8.32 Å². The Morgan fingerprint density at radius 1 is 1.26 bits per heavy atom. The molecule has 1 saturated carbocycles. The van der Waals surface area contributed by atoms with Gasteiger partial charge in [0, 0.05) is 0 Å². The van der Waals surface area contributed by atoms with Gasteiger partial charge in [0.05, 0.1) is 25.2 Å². The van der Waals surface area contributed by atoms with Crippen LogP contribution in [0.4, 0.5) is 0 Å². The normalized spacial score (nSPS) is 34.6. The Morgan fingerprint density at radius 2 is 1.89 bits per heavy atom. The van der Waals surface area contributed by atoms with Gasteiger partial charge < -0.3 is 13.9 Å². The molecule has 110 valence electrons. The first kappa shape index (κ1) is 15.0. The van der Waals surface area contributed by atoms with Gasteiger partial charge in [0.2, 0.25) is 0 Å². The Hall–Kier alpha value is -0.393. The summed E-state index contributed by atoms with van der Waals surface area (Å²) in [6, 6.07) is 0. The van der Waals surface area contributed by atoms with Crippen molar-refractivity contribution in [1.82, 2.24) is 0 Å². The number of carbonyl (C=O) groups is 1. The van der Waals surface area contributed by atoms with Crippen LogP contribution in [-0.4, -0.2) is 39.7 Å². The molecule has 0 bridgehead atoms. The highest BCUT2D eigenvalue weighted by atomic mass is 28.4. The molecule has 2 fully saturated rings. The summed E-state index contributed by atoms with van der Waals surface area (Å²) in [4.78, 5) is 11.7. The molecule has 5 heteroatoms. The van der Waals surface area contributed by atoms with Crippen LogP contribution < -0.4 is 0 Å². The third-order valence-electron chi connectivity index (χ3n) is 4.81. The van der Waals surface area contributed by atoms with Gasteiger partial charge in [0.1, 0.15) is 6.10 Å². The molecule has 0 aromatic carbocycles. The van der Waals surface area contributed by atoms with E-state index in [4.69, 9.17) is 13.9 Å². The van der Waals surface area contributed by atoms with E-state index in [1.54, 1.807) is 0 Å². The van der Waals surface area contributed by atoms with Crippen molar-refractivity contribution in [2.24, 2.45) is 5.92 Å². The molecule has 0 aromatic heterocycles. The quantitative estimate of drug-likeness (QED) is 0.455. The second-order valence-electron chi connectivity index (χ2n) is 7.25. The first-order chi connectivity index (χ1) is 8.65. The molecule has 1 saturated heterocycles. The zero-order valence-electron chi connectivity index (χ0n) is 12.9. The lowest BCUT2D eigenvalue weighted by molar-refractivity contribution is -0.147. The van der Waals surface area contributed by atoms with Crippen molar-refractivity contribution in [2.75, 3.05) is 7.11 Å². The van der Waals surface area contributed by atoms with E-state index in [1.807, 2.05) is 0 Å². The van der Waals surface area contributed by atoms with Crippen molar-refractivity contribution in [3.05, 3.63) is 0 Å². The highest BCUT2D eigenvalue weighted by Gasteiger charge is 2.55. The van der Waals surface area contributed by atoms with Gasteiger partial charge in [-0.15, -0.1) is 0 Å². The number of carbonyl (C=O) groups excluding carboxylic acids is 1. The fourth-order valence-electron chi connectivity index (χ4n) is 2.49. The average molecular weight is 286 g/mol. The van der Waals surface area contributed by atoms with E-state index >= 15 is 0 Å². The fourth-order valence-corrected chi connectivity index (χ4v) is 3.83. The molecular weight excluding hydrogens is 260 g/mol. The largest absolute Gasteiger partial charge is 0.469 e. The predicted molar refractivity (Wildman–Crippen MR) is 75.5 cm³/mol. The number of hydrogen-bond donors (Lipinski definition) is 0. The van der Waals surface area contributed by atoms with Gasteiger partial charge in [-0.25, -0.2) is 0 Å². The third-order valence-corrected chi connectivity index (χ3v) is 9.31. The maximum atomic E-state index is 11.7. The average Bonchev–Trinajstić information content (AvgIpc) is 3.05. The molecule has 4 nitrogen and oxygen atoms in total. The number of ether oxygens (including phenoxy) is 2. The van der Waals surface area contributed by atoms with Crippen LogP contribution in [0.15, 0.2) is 0 Å². The molecule has 0 aromatic rings. The second kappa shape index (κ2) is 4.86. The van der Waals surface area contributed by atoms with Crippen molar-refractivity contribution in [1.29, 1.82) is 0 Å². The summed E-state index contributed by atoms with van der Waals surface area (Å²) in [5.41, 5.74) is 0. The summed E-state index contributed by atoms with van der Waals surface area (Å²) in [6.45, 7) is 11.2. The first-order valence-corrected chi connectivity index (χ1v) is 9.97. The topological polar surface area (TPSA) is 48.1 Å². The van der Waals surface area contributed by atoms with Crippen LogP contribution in [0.2, 0.25) is 18.1 Å². The first-order valence-electron chi connectivity index (χ1n) is 7.07. The highest BCUT2D eigenvalue weighted by Crippen LogP contribution is 2.45. The lowest BCUT2D eigenvalue weighted by atomic mass is 9.87. The van der Waals surface area contributed by atoms with E-state index in [1.165, 1.54) is 7.11 Å². The standard InChI is InChI=1S/C14H26O4Si/c1-14(2,3)19(5,6)18-11-8-9(13(15)16-4)7-10-12(11)17-10/h9-12H,7-8H2,1-6H3/t9-,10-,11-,12-/m1/s1. The predicted octanol–water partition coefficient (Wildman–Crippen LogP) is 2.73. The van der Waals surface area contributed by atoms with Crippen LogP contribution >= 0.6 is 0 Å². The molecule has 0 spiro atoms. The Bertz CT molecular complexity index is 361. The monoisotopic (exact) mass is 286 g/mol. The number of fused-ring (bicyclic) bond motifs is 1. The van der Waals surface area contributed by atoms with Crippen molar-refractivity contribution in [3.63, 3.8) is 0 Å². The summed E-state index contributed by atoms with van der Waals surface area (Å²) in [6.07, 6.45) is 1.99. The van der Waals surface area contributed by atoms with Crippen molar-refractivity contribution < 1.29 is 18.7 Å². The Morgan fingerprint density at radius 3 is 2.42 bits per heavy atom. The Labute approximate surface area is 116 Å². The van der Waals surface area contributed by atoms with Crippen molar-refractivity contribution >= 4 is 14.3 Å². The molecule has 4 atom stereocenters. The molecule has 0 N–H and O–H groups in total. The van der Waals surface area contributed by atoms with Crippen LogP contribution in [0, 0.1) is 5.92 Å². The fraction of sp³-hybridized carbons (Fsp3) is 0.929. The molecular formula is C14H26O4Si. The van der Waals surface area contributed by atoms with E-state index in [0.29, 0.717) is 0 Å². The summed E-state index contributed by atoms with van der Waals surface area (Å²) in [7, 11) is -0.364. The molecule has 0 amide bonds. The van der Waals surface area contributed by atoms with Gasteiger partial charge >= 0.3 is 5.97 Å². The van der Waals surface area contributed by atoms with E-state index in [2.05, 4.69) is 33.9 Å². The van der Waals surface area contributed by atoms with Crippen LogP contribution in [0.25, 0.3) is 0 Å². The minimum Gasteiger partial charge on any atom is -0.469 e. The van der Waals surface area contributed by atoms with Gasteiger partial charge in [-0.2, -0.15) is 0 Å². The van der Waals surface area contributed by atoms with Gasteiger partial charge in [-0.05, 0) is 31.0 Å². The maximum Gasteiger partial charge on any atom is 0.308 e. The lowest BCUT2D eigenvalue weighted by Crippen LogP contribution is -2.47. The molecule has 1 aliphatic carbocycles. The zero-order chi connectivity index (χ0) is 14.4. The molecule has 1 heterocycles. The molecule has 2 aliphatic rings. The van der Waals surface area contributed by atoms with Gasteiger partial charge in [0.15, 0.2) is 8.32 Å². The second-order valence-corrected chi connectivity index (χ2v) is 12.0. The maximum absolute atomic E-state index is 11.7. The minimum atomic E-state index is -1.81. The number of hydrogen-bond acceptors (Lipinski definition) is 4. The number of rotatable bonds is 3. The molecule has 0 unspecified atom stereocenters. The van der Waals surface area contributed by atoms with Crippen LogP contribution in [-0.2, 0) is 18.7 Å². The summed E-state index contributed by atoms with van der Waals surface area (Å²) < 4.78 is 17.0. The Balaban J connectivity index is 2.03.